The molecule has 0 radical (unpaired) electrons. The average Bonchev–Trinajstić information content (AvgIpc) is 2.33. The molecule has 60 valence electrons. The third kappa shape index (κ3) is 2.29. The molecule has 1 rings (SSSR count). The van der Waals surface area contributed by atoms with Crippen LogP contribution in [0.2, 0.25) is 0 Å². The van der Waals surface area contributed by atoms with Gasteiger partial charge in [-0.2, -0.15) is 0 Å². The third-order valence-corrected chi connectivity index (χ3v) is 3.94. The first-order chi connectivity index (χ1) is 5.27. The predicted molar refractivity (Wildman–Crippen MR) is 57.3 cm³/mol. The van der Waals surface area contributed by atoms with Crippen molar-refractivity contribution in [2.45, 2.75) is 14.8 Å². The van der Waals surface area contributed by atoms with Crippen LogP contribution >= 0.6 is 35.7 Å². The quantitative estimate of drug-likeness (QED) is 0.445. The molecule has 0 N–H and O–H groups in total. The maximum atomic E-state index is 4.36. The summed E-state index contributed by atoms with van der Waals surface area (Å²) in [5.74, 6) is 0. The lowest BCUT2D eigenvalue weighted by Gasteiger charge is -1.88. The van der Waals surface area contributed by atoms with E-state index in [0.29, 0.717) is 0 Å². The van der Waals surface area contributed by atoms with E-state index in [1.165, 1.54) is 9.77 Å². The van der Waals surface area contributed by atoms with Crippen molar-refractivity contribution in [3.63, 3.8) is 0 Å². The molecule has 0 aliphatic heterocycles. The largest absolute Gasteiger partial charge is 0.133 e. The van der Waals surface area contributed by atoms with Crippen molar-refractivity contribution in [1.29, 1.82) is 0 Å². The molecule has 0 aromatic carbocycles. The van der Waals surface area contributed by atoms with Crippen LogP contribution in [0.25, 0.3) is 0 Å². The first kappa shape index (κ1) is 9.23. The molecular formula is C8H10S3. The fraction of sp³-hybridized carbons (Fsp3) is 0.250. The second-order valence-corrected chi connectivity index (χ2v) is 5.00. The summed E-state index contributed by atoms with van der Waals surface area (Å²) in [5, 5.41) is 0. The van der Waals surface area contributed by atoms with Crippen molar-refractivity contribution in [3.05, 3.63) is 24.3 Å². The average molecular weight is 202 g/mol. The summed E-state index contributed by atoms with van der Waals surface area (Å²) in [4.78, 5) is 0. The summed E-state index contributed by atoms with van der Waals surface area (Å²) >= 11 is 7.86. The smallest absolute Gasteiger partial charge is 0.0615 e. The van der Waals surface area contributed by atoms with Crippen molar-refractivity contribution in [3.8, 4) is 0 Å². The Morgan fingerprint density at radius 3 is 3.00 bits per heavy atom. The van der Waals surface area contributed by atoms with Gasteiger partial charge in [-0.1, -0.05) is 6.08 Å². The van der Waals surface area contributed by atoms with Gasteiger partial charge in [-0.25, -0.2) is 0 Å². The van der Waals surface area contributed by atoms with Crippen LogP contribution < -0.4 is 0 Å². The van der Waals surface area contributed by atoms with Crippen molar-refractivity contribution >= 4 is 35.7 Å². The zero-order chi connectivity index (χ0) is 8.27. The van der Waals surface area contributed by atoms with Crippen LogP contribution in [0.3, 0.4) is 0 Å². The van der Waals surface area contributed by atoms with Gasteiger partial charge in [0.15, 0.2) is 0 Å². The monoisotopic (exact) mass is 202 g/mol. The van der Waals surface area contributed by atoms with Gasteiger partial charge in [0.25, 0.3) is 0 Å². The van der Waals surface area contributed by atoms with Crippen LogP contribution in [-0.2, 0) is 6.42 Å². The summed E-state index contributed by atoms with van der Waals surface area (Å²) in [6.45, 7) is 3.70. The minimum absolute atomic E-state index is 0.926. The Morgan fingerprint density at radius 1 is 1.82 bits per heavy atom. The third-order valence-electron chi connectivity index (χ3n) is 1.33. The van der Waals surface area contributed by atoms with Gasteiger partial charge < -0.3 is 0 Å². The highest BCUT2D eigenvalue weighted by atomic mass is 32.2. The van der Waals surface area contributed by atoms with Gasteiger partial charge in [0.1, 0.15) is 0 Å². The number of thiol groups is 1. The Labute approximate surface area is 81.1 Å². The molecule has 0 unspecified atom stereocenters. The Morgan fingerprint density at radius 2 is 2.55 bits per heavy atom. The molecule has 0 bridgehead atoms. The van der Waals surface area contributed by atoms with E-state index in [-0.39, 0.29) is 0 Å². The maximum Gasteiger partial charge on any atom is 0.0615 e. The molecule has 0 atom stereocenters. The number of allylic oxidation sites excluding steroid dienone is 1. The highest BCUT2D eigenvalue weighted by Gasteiger charge is 2.02. The highest BCUT2D eigenvalue weighted by molar-refractivity contribution is 8.00. The standard InChI is InChI=1S/C8H10S3/c1-3-4-6-5-7(10-2)11-8(6)9/h3,5,9H,1,4H2,2H3. The van der Waals surface area contributed by atoms with Gasteiger partial charge in [-0.05, 0) is 24.3 Å². The molecule has 0 amide bonds. The second kappa shape index (κ2) is 4.24. The van der Waals surface area contributed by atoms with Crippen LogP contribution in [0.5, 0.6) is 0 Å². The van der Waals surface area contributed by atoms with E-state index in [1.54, 1.807) is 23.1 Å². The molecule has 0 saturated carbocycles. The normalized spacial score (nSPS) is 10.0. The molecule has 1 aromatic rings. The number of thioether (sulfide) groups is 1. The SMILES string of the molecule is C=CCc1cc(SC)sc1S. The van der Waals surface area contributed by atoms with Crippen LogP contribution in [0.1, 0.15) is 5.56 Å². The molecule has 0 nitrogen and oxygen atoms in total. The molecule has 0 aliphatic carbocycles. The zero-order valence-corrected chi connectivity index (χ0v) is 8.86. The molecule has 0 spiro atoms. The van der Waals surface area contributed by atoms with E-state index in [0.717, 1.165) is 10.6 Å². The Kier molecular flexibility index (Phi) is 3.55. The lowest BCUT2D eigenvalue weighted by atomic mass is 10.2. The van der Waals surface area contributed by atoms with E-state index in [9.17, 15) is 0 Å². The van der Waals surface area contributed by atoms with E-state index < -0.39 is 0 Å². The van der Waals surface area contributed by atoms with Crippen LogP contribution in [0.4, 0.5) is 0 Å². The number of hydrogen-bond acceptors (Lipinski definition) is 3. The van der Waals surface area contributed by atoms with Gasteiger partial charge in [-0.3, -0.25) is 0 Å². The maximum absolute atomic E-state index is 4.36. The van der Waals surface area contributed by atoms with Crippen molar-refractivity contribution < 1.29 is 0 Å². The molecule has 1 heterocycles. The van der Waals surface area contributed by atoms with Gasteiger partial charge in [0, 0.05) is 0 Å². The van der Waals surface area contributed by atoms with Gasteiger partial charge in [-0.15, -0.1) is 42.3 Å². The van der Waals surface area contributed by atoms with Gasteiger partial charge in [0.2, 0.25) is 0 Å². The zero-order valence-electron chi connectivity index (χ0n) is 6.33. The Bertz CT molecular complexity index is 250. The van der Waals surface area contributed by atoms with Crippen LogP contribution in [-0.4, -0.2) is 6.26 Å². The number of rotatable bonds is 3. The topological polar surface area (TPSA) is 0 Å². The molecular weight excluding hydrogens is 192 g/mol. The lowest BCUT2D eigenvalue weighted by molar-refractivity contribution is 1.24. The highest BCUT2D eigenvalue weighted by Crippen LogP contribution is 2.32. The fourth-order valence-electron chi connectivity index (χ4n) is 0.797. The summed E-state index contributed by atoms with van der Waals surface area (Å²) in [5.41, 5.74) is 1.29. The fourth-order valence-corrected chi connectivity index (χ4v) is 2.94. The molecule has 3 heteroatoms. The summed E-state index contributed by atoms with van der Waals surface area (Å²) in [6.07, 6.45) is 4.92. The summed E-state index contributed by atoms with van der Waals surface area (Å²) < 4.78 is 2.45. The number of hydrogen-bond donors (Lipinski definition) is 1. The first-order valence-electron chi connectivity index (χ1n) is 3.24. The van der Waals surface area contributed by atoms with Crippen molar-refractivity contribution in [2.75, 3.05) is 6.26 Å². The van der Waals surface area contributed by atoms with Crippen molar-refractivity contribution in [2.24, 2.45) is 0 Å². The van der Waals surface area contributed by atoms with E-state index in [1.807, 2.05) is 6.08 Å². The van der Waals surface area contributed by atoms with Crippen LogP contribution in [0, 0.1) is 0 Å². The molecule has 11 heavy (non-hydrogen) atoms. The number of thiophene rings is 1. The molecule has 1 aromatic heterocycles. The Hall–Kier alpha value is 0.140. The predicted octanol–water partition coefficient (Wildman–Crippen LogP) is 3.49. The minimum atomic E-state index is 0.926. The molecule has 0 saturated heterocycles. The minimum Gasteiger partial charge on any atom is -0.133 e. The van der Waals surface area contributed by atoms with Crippen molar-refractivity contribution in [1.82, 2.24) is 0 Å². The Balaban J connectivity index is 2.87. The lowest BCUT2D eigenvalue weighted by Crippen LogP contribution is -1.74. The van der Waals surface area contributed by atoms with E-state index in [2.05, 4.69) is 31.5 Å². The van der Waals surface area contributed by atoms with E-state index >= 15 is 0 Å². The van der Waals surface area contributed by atoms with Gasteiger partial charge >= 0.3 is 0 Å². The first-order valence-corrected chi connectivity index (χ1v) is 5.73. The van der Waals surface area contributed by atoms with Crippen LogP contribution in [0.15, 0.2) is 27.1 Å². The van der Waals surface area contributed by atoms with E-state index in [4.69, 9.17) is 0 Å². The second-order valence-electron chi connectivity index (χ2n) is 2.09. The molecule has 0 fully saturated rings. The summed E-state index contributed by atoms with van der Waals surface area (Å²) in [7, 11) is 0. The molecule has 0 aliphatic rings. The summed E-state index contributed by atoms with van der Waals surface area (Å²) in [6, 6.07) is 2.18. The van der Waals surface area contributed by atoms with Gasteiger partial charge in [0.05, 0.1) is 8.42 Å².